The highest BCUT2D eigenvalue weighted by Gasteiger charge is 2.22. The van der Waals surface area contributed by atoms with Crippen LogP contribution < -0.4 is 10.6 Å². The molecule has 0 atom stereocenters. The van der Waals surface area contributed by atoms with Crippen LogP contribution in [0.1, 0.15) is 46.8 Å². The zero-order valence-electron chi connectivity index (χ0n) is 13.2. The zero-order valence-corrected chi connectivity index (χ0v) is 14.8. The van der Waals surface area contributed by atoms with Gasteiger partial charge in [-0.2, -0.15) is 0 Å². The van der Waals surface area contributed by atoms with E-state index in [-0.39, 0.29) is 0 Å². The van der Waals surface area contributed by atoms with E-state index in [0.717, 1.165) is 62.8 Å². The first kappa shape index (κ1) is 15.7. The number of hydrogen-bond acceptors (Lipinski definition) is 6. The molecule has 24 heavy (non-hydrogen) atoms. The van der Waals surface area contributed by atoms with Gasteiger partial charge in [0.15, 0.2) is 10.3 Å². The highest BCUT2D eigenvalue weighted by atomic mass is 32.1. The summed E-state index contributed by atoms with van der Waals surface area (Å²) in [5.74, 6) is -1.37. The number of carbonyl (C=O) groups is 2. The number of nitrogens with one attached hydrogen (secondary N) is 2. The van der Waals surface area contributed by atoms with Crippen molar-refractivity contribution in [3.8, 4) is 0 Å². The fourth-order valence-corrected chi connectivity index (χ4v) is 5.21. The van der Waals surface area contributed by atoms with E-state index in [4.69, 9.17) is 0 Å². The van der Waals surface area contributed by atoms with Crippen LogP contribution in [0.2, 0.25) is 0 Å². The largest absolute Gasteiger partial charge is 0.315 e. The molecule has 0 saturated heterocycles. The molecule has 0 bridgehead atoms. The number of aryl methyl sites for hydroxylation is 4. The molecule has 0 spiro atoms. The molecule has 4 rings (SSSR count). The van der Waals surface area contributed by atoms with Crippen molar-refractivity contribution in [3.63, 3.8) is 0 Å². The van der Waals surface area contributed by atoms with E-state index in [1.807, 2.05) is 0 Å². The molecule has 0 radical (unpaired) electrons. The number of thiazole rings is 2. The summed E-state index contributed by atoms with van der Waals surface area (Å²) in [4.78, 5) is 35.5. The van der Waals surface area contributed by atoms with E-state index in [9.17, 15) is 9.59 Å². The van der Waals surface area contributed by atoms with Crippen LogP contribution in [0.3, 0.4) is 0 Å². The Morgan fingerprint density at radius 1 is 0.708 bits per heavy atom. The van der Waals surface area contributed by atoms with Crippen molar-refractivity contribution < 1.29 is 9.59 Å². The maximum Gasteiger partial charge on any atom is 0.315 e. The number of amides is 2. The third kappa shape index (κ3) is 3.21. The third-order valence-corrected chi connectivity index (χ3v) is 6.48. The minimum absolute atomic E-state index is 0.514. The van der Waals surface area contributed by atoms with Gasteiger partial charge in [-0.15, -0.1) is 22.7 Å². The second kappa shape index (κ2) is 6.60. The van der Waals surface area contributed by atoms with Gasteiger partial charge in [-0.1, -0.05) is 0 Å². The van der Waals surface area contributed by atoms with Crippen LogP contribution in [-0.2, 0) is 35.3 Å². The molecule has 0 saturated carbocycles. The quantitative estimate of drug-likeness (QED) is 0.805. The lowest BCUT2D eigenvalue weighted by molar-refractivity contribution is -0.133. The molecule has 0 fully saturated rings. The van der Waals surface area contributed by atoms with Gasteiger partial charge in [-0.3, -0.25) is 20.2 Å². The smallest absolute Gasteiger partial charge is 0.294 e. The Labute approximate surface area is 147 Å². The molecular weight excluding hydrogens is 344 g/mol. The Hall–Kier alpha value is -1.80. The summed E-state index contributed by atoms with van der Waals surface area (Å²) in [6.07, 6.45) is 8.55. The first-order valence-corrected chi connectivity index (χ1v) is 9.92. The lowest BCUT2D eigenvalue weighted by Gasteiger charge is -2.06. The molecule has 2 aromatic rings. The topological polar surface area (TPSA) is 84.0 Å². The predicted octanol–water partition coefficient (Wildman–Crippen LogP) is 2.93. The molecule has 126 valence electrons. The molecule has 2 heterocycles. The summed E-state index contributed by atoms with van der Waals surface area (Å²) in [5.41, 5.74) is 2.13. The number of fused-ring (bicyclic) bond motifs is 2. The lowest BCUT2D eigenvalue weighted by atomic mass is 10.0. The third-order valence-electron chi connectivity index (χ3n) is 4.34. The van der Waals surface area contributed by atoms with E-state index in [1.165, 1.54) is 32.4 Å². The van der Waals surface area contributed by atoms with E-state index >= 15 is 0 Å². The van der Waals surface area contributed by atoms with Crippen molar-refractivity contribution in [1.29, 1.82) is 0 Å². The van der Waals surface area contributed by atoms with Gasteiger partial charge in [0.2, 0.25) is 0 Å². The maximum absolute atomic E-state index is 12.1. The lowest BCUT2D eigenvalue weighted by Crippen LogP contribution is -2.29. The Balaban J connectivity index is 1.40. The Morgan fingerprint density at radius 3 is 1.54 bits per heavy atom. The van der Waals surface area contributed by atoms with Crippen molar-refractivity contribution in [2.45, 2.75) is 51.4 Å². The SMILES string of the molecule is O=C(Nc1nc2c(s1)CCCC2)C(=O)Nc1nc2c(s1)CCCC2. The van der Waals surface area contributed by atoms with E-state index < -0.39 is 11.8 Å². The molecule has 2 aliphatic rings. The van der Waals surface area contributed by atoms with Gasteiger partial charge in [0.1, 0.15) is 0 Å². The second-order valence-corrected chi connectivity index (χ2v) is 8.27. The van der Waals surface area contributed by atoms with Crippen LogP contribution in [0.5, 0.6) is 0 Å². The van der Waals surface area contributed by atoms with Crippen molar-refractivity contribution in [1.82, 2.24) is 9.97 Å². The van der Waals surface area contributed by atoms with Gasteiger partial charge in [0.05, 0.1) is 11.4 Å². The second-order valence-electron chi connectivity index (χ2n) is 6.10. The van der Waals surface area contributed by atoms with Crippen LogP contribution in [0.4, 0.5) is 10.3 Å². The normalized spacial score (nSPS) is 16.2. The Kier molecular flexibility index (Phi) is 4.32. The van der Waals surface area contributed by atoms with Gasteiger partial charge in [-0.25, -0.2) is 9.97 Å². The van der Waals surface area contributed by atoms with Crippen molar-refractivity contribution in [2.24, 2.45) is 0 Å². The molecular formula is C16H18N4O2S2. The molecule has 0 aliphatic heterocycles. The van der Waals surface area contributed by atoms with Gasteiger partial charge in [0.25, 0.3) is 0 Å². The minimum Gasteiger partial charge on any atom is -0.294 e. The van der Waals surface area contributed by atoms with Crippen LogP contribution in [-0.4, -0.2) is 21.8 Å². The molecule has 0 unspecified atom stereocenters. The number of anilines is 2. The molecule has 2 aromatic heterocycles. The first-order chi connectivity index (χ1) is 11.7. The summed E-state index contributed by atoms with van der Waals surface area (Å²) >= 11 is 2.95. The molecule has 2 N–H and O–H groups in total. The van der Waals surface area contributed by atoms with Crippen molar-refractivity contribution in [3.05, 3.63) is 21.1 Å². The van der Waals surface area contributed by atoms with Crippen LogP contribution in [0.25, 0.3) is 0 Å². The fraction of sp³-hybridized carbons (Fsp3) is 0.500. The summed E-state index contributed by atoms with van der Waals surface area (Å²) in [5, 5.41) is 6.26. The number of rotatable bonds is 2. The highest BCUT2D eigenvalue weighted by molar-refractivity contribution is 7.16. The van der Waals surface area contributed by atoms with Crippen molar-refractivity contribution in [2.75, 3.05) is 10.6 Å². The highest BCUT2D eigenvalue weighted by Crippen LogP contribution is 2.30. The van der Waals surface area contributed by atoms with Crippen LogP contribution >= 0.6 is 22.7 Å². The average molecular weight is 362 g/mol. The fourth-order valence-electron chi connectivity index (χ4n) is 3.12. The molecule has 0 aromatic carbocycles. The summed E-state index contributed by atoms with van der Waals surface area (Å²) in [6.45, 7) is 0. The van der Waals surface area contributed by atoms with Crippen LogP contribution in [0, 0.1) is 0 Å². The number of hydrogen-bond donors (Lipinski definition) is 2. The van der Waals surface area contributed by atoms with Gasteiger partial charge < -0.3 is 0 Å². The molecule has 8 heteroatoms. The first-order valence-electron chi connectivity index (χ1n) is 8.28. The monoisotopic (exact) mass is 362 g/mol. The maximum atomic E-state index is 12.1. The van der Waals surface area contributed by atoms with Crippen LogP contribution in [0.15, 0.2) is 0 Å². The zero-order chi connectivity index (χ0) is 16.5. The molecule has 6 nitrogen and oxygen atoms in total. The Bertz CT molecular complexity index is 683. The Morgan fingerprint density at radius 2 is 1.12 bits per heavy atom. The molecule has 2 amide bonds. The minimum atomic E-state index is -0.686. The van der Waals surface area contributed by atoms with Gasteiger partial charge >= 0.3 is 11.8 Å². The predicted molar refractivity (Wildman–Crippen MR) is 94.8 cm³/mol. The van der Waals surface area contributed by atoms with Gasteiger partial charge in [0, 0.05) is 9.75 Å². The summed E-state index contributed by atoms with van der Waals surface area (Å²) < 4.78 is 0. The van der Waals surface area contributed by atoms with E-state index in [0.29, 0.717) is 10.3 Å². The number of nitrogens with zero attached hydrogens (tertiary/aromatic N) is 2. The number of carbonyl (C=O) groups excluding carboxylic acids is 2. The summed E-state index contributed by atoms with van der Waals surface area (Å²) in [7, 11) is 0. The van der Waals surface area contributed by atoms with E-state index in [1.54, 1.807) is 0 Å². The van der Waals surface area contributed by atoms with Crippen molar-refractivity contribution >= 4 is 44.8 Å². The average Bonchev–Trinajstić information content (AvgIpc) is 3.16. The number of aromatic nitrogens is 2. The molecule has 2 aliphatic carbocycles. The standard InChI is InChI=1S/C16H18N4O2S2/c21-13(19-15-17-9-5-1-3-7-11(9)23-15)14(22)20-16-18-10-6-2-4-8-12(10)24-16/h1-8H2,(H,17,19,21)(H,18,20,22). The van der Waals surface area contributed by atoms with E-state index in [2.05, 4.69) is 20.6 Å². The summed E-state index contributed by atoms with van der Waals surface area (Å²) in [6, 6.07) is 0. The van der Waals surface area contributed by atoms with Gasteiger partial charge in [-0.05, 0) is 51.4 Å².